The van der Waals surface area contributed by atoms with Crippen LogP contribution in [0.15, 0.2) is 6.07 Å². The van der Waals surface area contributed by atoms with Crippen LogP contribution in [-0.2, 0) is 4.79 Å². The van der Waals surface area contributed by atoms with Crippen LogP contribution in [-0.4, -0.2) is 59.7 Å². The second kappa shape index (κ2) is 5.52. The zero-order valence-electron chi connectivity index (χ0n) is 11.6. The smallest absolute Gasteiger partial charge is 0.248 e. The summed E-state index contributed by atoms with van der Waals surface area (Å²) in [6, 6.07) is 1.98. The first-order valence-corrected chi connectivity index (χ1v) is 6.42. The van der Waals surface area contributed by atoms with Crippen LogP contribution < -0.4 is 4.90 Å². The van der Waals surface area contributed by atoms with Crippen molar-refractivity contribution in [3.63, 3.8) is 0 Å². The molecular weight excluding hydrogens is 244 g/mol. The van der Waals surface area contributed by atoms with Gasteiger partial charge in [0.15, 0.2) is 0 Å². The van der Waals surface area contributed by atoms with Gasteiger partial charge in [-0.15, -0.1) is 0 Å². The molecule has 1 N–H and O–H groups in total. The van der Waals surface area contributed by atoms with Gasteiger partial charge in [-0.25, -0.2) is 9.97 Å². The number of carbonyl (C=O) groups is 1. The number of nitrogens with zero attached hydrogens (tertiary/aromatic N) is 4. The molecule has 6 heteroatoms. The van der Waals surface area contributed by atoms with E-state index in [0.717, 1.165) is 23.8 Å². The van der Waals surface area contributed by atoms with Crippen LogP contribution in [0.5, 0.6) is 0 Å². The van der Waals surface area contributed by atoms with E-state index in [2.05, 4.69) is 9.97 Å². The number of aromatic nitrogens is 2. The second-order valence-electron chi connectivity index (χ2n) is 5.08. The molecule has 6 nitrogen and oxygen atoms in total. The Labute approximate surface area is 113 Å². The predicted octanol–water partition coefficient (Wildman–Crippen LogP) is 0.159. The summed E-state index contributed by atoms with van der Waals surface area (Å²) in [5.74, 6) is 1.65. The Balaban J connectivity index is 2.17. The molecule has 19 heavy (non-hydrogen) atoms. The van der Waals surface area contributed by atoms with Crippen molar-refractivity contribution >= 4 is 11.7 Å². The molecule has 1 aromatic rings. The number of aliphatic hydroxyl groups is 1. The average Bonchev–Trinajstić information content (AvgIpc) is 2.86. The van der Waals surface area contributed by atoms with Crippen LogP contribution in [0, 0.1) is 6.92 Å². The Bertz CT molecular complexity index is 476. The molecule has 1 fully saturated rings. The number of hydrogen-bond donors (Lipinski definition) is 1. The minimum absolute atomic E-state index is 0.207. The fourth-order valence-electron chi connectivity index (χ4n) is 2.34. The molecule has 1 atom stereocenters. The number of hydrogen-bond acceptors (Lipinski definition) is 5. The third-order valence-corrected chi connectivity index (χ3v) is 3.40. The van der Waals surface area contributed by atoms with Gasteiger partial charge in [0.25, 0.3) is 0 Å². The van der Waals surface area contributed by atoms with Crippen molar-refractivity contribution in [1.82, 2.24) is 14.9 Å². The zero-order valence-corrected chi connectivity index (χ0v) is 11.6. The third-order valence-electron chi connectivity index (χ3n) is 3.40. The normalized spacial score (nSPS) is 18.7. The van der Waals surface area contributed by atoms with Gasteiger partial charge in [0.1, 0.15) is 18.2 Å². The number of anilines is 1. The largest absolute Gasteiger partial charge is 0.387 e. The lowest BCUT2D eigenvalue weighted by Crippen LogP contribution is -2.30. The third kappa shape index (κ3) is 3.01. The number of aryl methyl sites for hydroxylation is 1. The van der Waals surface area contributed by atoms with Gasteiger partial charge >= 0.3 is 0 Å². The molecule has 1 amide bonds. The SMILES string of the molecule is Cc1nc([C@H]2CCN(C(=O)CO)C2)cc(N(C)C)n1. The van der Waals surface area contributed by atoms with Crippen molar-refractivity contribution in [2.75, 3.05) is 38.7 Å². The minimum atomic E-state index is -0.418. The maximum absolute atomic E-state index is 11.5. The van der Waals surface area contributed by atoms with Crippen LogP contribution >= 0.6 is 0 Å². The second-order valence-corrected chi connectivity index (χ2v) is 5.08. The summed E-state index contributed by atoms with van der Waals surface area (Å²) in [5, 5.41) is 8.89. The van der Waals surface area contributed by atoms with Gasteiger partial charge in [0.05, 0.1) is 5.69 Å². The number of rotatable bonds is 3. The first-order valence-electron chi connectivity index (χ1n) is 6.42. The van der Waals surface area contributed by atoms with Gasteiger partial charge in [-0.1, -0.05) is 0 Å². The molecule has 0 aliphatic carbocycles. The molecule has 0 unspecified atom stereocenters. The summed E-state index contributed by atoms with van der Waals surface area (Å²) in [5.41, 5.74) is 0.976. The van der Waals surface area contributed by atoms with E-state index in [-0.39, 0.29) is 11.8 Å². The highest BCUT2D eigenvalue weighted by molar-refractivity contribution is 5.77. The molecule has 1 aromatic heterocycles. The van der Waals surface area contributed by atoms with Gasteiger partial charge < -0.3 is 14.9 Å². The fourth-order valence-corrected chi connectivity index (χ4v) is 2.34. The first kappa shape index (κ1) is 13.7. The van der Waals surface area contributed by atoms with Crippen LogP contribution in [0.25, 0.3) is 0 Å². The summed E-state index contributed by atoms with van der Waals surface area (Å²) >= 11 is 0. The highest BCUT2D eigenvalue weighted by Crippen LogP contribution is 2.27. The lowest BCUT2D eigenvalue weighted by molar-refractivity contribution is -0.133. The van der Waals surface area contributed by atoms with Gasteiger partial charge in [-0.2, -0.15) is 0 Å². The summed E-state index contributed by atoms with van der Waals surface area (Å²) in [7, 11) is 3.89. The van der Waals surface area contributed by atoms with E-state index >= 15 is 0 Å². The van der Waals surface area contributed by atoms with E-state index in [1.807, 2.05) is 32.0 Å². The van der Waals surface area contributed by atoms with Crippen molar-refractivity contribution in [3.05, 3.63) is 17.6 Å². The monoisotopic (exact) mass is 264 g/mol. The molecule has 0 saturated carbocycles. The van der Waals surface area contributed by atoms with E-state index in [9.17, 15) is 4.79 Å². The van der Waals surface area contributed by atoms with E-state index in [4.69, 9.17) is 5.11 Å². The summed E-state index contributed by atoms with van der Waals surface area (Å²) in [6.45, 7) is 2.77. The van der Waals surface area contributed by atoms with Crippen LogP contribution in [0.1, 0.15) is 23.9 Å². The summed E-state index contributed by atoms with van der Waals surface area (Å²) < 4.78 is 0. The molecule has 0 aromatic carbocycles. The Morgan fingerprint density at radius 1 is 1.53 bits per heavy atom. The van der Waals surface area contributed by atoms with Gasteiger partial charge in [-0.05, 0) is 13.3 Å². The minimum Gasteiger partial charge on any atom is -0.387 e. The number of amides is 1. The van der Waals surface area contributed by atoms with E-state index in [1.54, 1.807) is 4.90 Å². The van der Waals surface area contributed by atoms with E-state index < -0.39 is 6.61 Å². The highest BCUT2D eigenvalue weighted by Gasteiger charge is 2.28. The quantitative estimate of drug-likeness (QED) is 0.842. The zero-order chi connectivity index (χ0) is 14.0. The Kier molecular flexibility index (Phi) is 3.99. The highest BCUT2D eigenvalue weighted by atomic mass is 16.3. The molecule has 1 aliphatic heterocycles. The molecule has 1 saturated heterocycles. The summed E-state index contributed by atoms with van der Waals surface area (Å²) in [6.07, 6.45) is 0.884. The molecule has 2 heterocycles. The topological polar surface area (TPSA) is 69.6 Å². The Morgan fingerprint density at radius 3 is 2.89 bits per heavy atom. The molecule has 0 bridgehead atoms. The number of likely N-dealkylation sites (tertiary alicyclic amines) is 1. The first-order chi connectivity index (χ1) is 9.01. The van der Waals surface area contributed by atoms with E-state index in [1.165, 1.54) is 0 Å². The molecule has 104 valence electrons. The van der Waals surface area contributed by atoms with Crippen LogP contribution in [0.3, 0.4) is 0 Å². The molecule has 0 spiro atoms. The van der Waals surface area contributed by atoms with Crippen molar-refractivity contribution in [2.24, 2.45) is 0 Å². The Morgan fingerprint density at radius 2 is 2.26 bits per heavy atom. The van der Waals surface area contributed by atoms with Gasteiger partial charge in [0.2, 0.25) is 5.91 Å². The Hall–Kier alpha value is -1.69. The summed E-state index contributed by atoms with van der Waals surface area (Å²) in [4.78, 5) is 24.0. The van der Waals surface area contributed by atoms with Crippen molar-refractivity contribution < 1.29 is 9.90 Å². The molecular formula is C13H20N4O2. The van der Waals surface area contributed by atoms with Crippen molar-refractivity contribution in [1.29, 1.82) is 0 Å². The lowest BCUT2D eigenvalue weighted by atomic mass is 10.0. The van der Waals surface area contributed by atoms with Crippen LogP contribution in [0.4, 0.5) is 5.82 Å². The van der Waals surface area contributed by atoms with E-state index in [0.29, 0.717) is 13.1 Å². The molecule has 0 radical (unpaired) electrons. The predicted molar refractivity (Wildman–Crippen MR) is 72.1 cm³/mol. The standard InChI is InChI=1S/C13H20N4O2/c1-9-14-11(6-12(15-9)16(2)3)10-4-5-17(7-10)13(19)8-18/h6,10,18H,4-5,7-8H2,1-3H3/t10-/m0/s1. The fraction of sp³-hybridized carbons (Fsp3) is 0.615. The molecule has 2 rings (SSSR count). The average molecular weight is 264 g/mol. The van der Waals surface area contributed by atoms with Crippen LogP contribution in [0.2, 0.25) is 0 Å². The van der Waals surface area contributed by atoms with Crippen molar-refractivity contribution in [3.8, 4) is 0 Å². The maximum atomic E-state index is 11.5. The number of carbonyl (C=O) groups excluding carboxylic acids is 1. The van der Waals surface area contributed by atoms with Gasteiger partial charge in [-0.3, -0.25) is 4.79 Å². The maximum Gasteiger partial charge on any atom is 0.248 e. The number of aliphatic hydroxyl groups excluding tert-OH is 1. The lowest BCUT2D eigenvalue weighted by Gasteiger charge is -2.17. The van der Waals surface area contributed by atoms with Gasteiger partial charge in [0, 0.05) is 39.2 Å². The van der Waals surface area contributed by atoms with Crippen molar-refractivity contribution in [2.45, 2.75) is 19.3 Å². The molecule has 1 aliphatic rings.